The second-order valence-electron chi connectivity index (χ2n) is 10.3. The fraction of sp³-hybridized carbons (Fsp3) is 0.441. The minimum Gasteiger partial charge on any atom is -0.478 e. The zero-order chi connectivity index (χ0) is 32.1. The number of amides is 1. The third-order valence-corrected chi connectivity index (χ3v) is 6.01. The van der Waals surface area contributed by atoms with Gasteiger partial charge in [0.05, 0.1) is 5.56 Å². The number of nitrogens with one attached hydrogen (secondary N) is 1. The van der Waals surface area contributed by atoms with E-state index >= 15 is 0 Å². The molecular weight excluding hydrogens is 559 g/mol. The van der Waals surface area contributed by atoms with E-state index in [2.05, 4.69) is 60.8 Å². The van der Waals surface area contributed by atoms with Crippen molar-refractivity contribution < 1.29 is 37.4 Å². The van der Waals surface area contributed by atoms with E-state index < -0.39 is 46.9 Å². The number of rotatable bonds is 19. The lowest BCUT2D eigenvalue weighted by Crippen LogP contribution is -2.44. The van der Waals surface area contributed by atoms with Crippen molar-refractivity contribution in [1.82, 2.24) is 5.32 Å². The fourth-order valence-electron chi connectivity index (χ4n) is 3.84. The van der Waals surface area contributed by atoms with Crippen LogP contribution in [0.15, 0.2) is 79.0 Å². The molecule has 0 aliphatic heterocycles. The van der Waals surface area contributed by atoms with Gasteiger partial charge in [0.15, 0.2) is 0 Å². The Bertz CT molecular complexity index is 1160. The number of aromatic carboxylic acids is 1. The van der Waals surface area contributed by atoms with Crippen molar-refractivity contribution in [3.8, 4) is 5.75 Å². The maximum atomic E-state index is 13.1. The van der Waals surface area contributed by atoms with Gasteiger partial charge >= 0.3 is 18.1 Å². The molecule has 1 unspecified atom stereocenters. The molecule has 1 rings (SSSR count). The highest BCUT2D eigenvalue weighted by atomic mass is 19.4. The fourth-order valence-corrected chi connectivity index (χ4v) is 3.84. The van der Waals surface area contributed by atoms with Crippen molar-refractivity contribution >= 4 is 17.8 Å². The van der Waals surface area contributed by atoms with Gasteiger partial charge in [0.2, 0.25) is 5.91 Å². The first-order chi connectivity index (χ1) is 20.5. The molecule has 0 saturated heterocycles. The number of carboxylic acid groups (broad SMARTS) is 1. The van der Waals surface area contributed by atoms with Crippen LogP contribution in [0.25, 0.3) is 0 Å². The van der Waals surface area contributed by atoms with Crippen LogP contribution in [0.1, 0.15) is 94.5 Å². The van der Waals surface area contributed by atoms with E-state index in [0.717, 1.165) is 38.2 Å². The smallest absolute Gasteiger partial charge is 0.416 e. The molecule has 43 heavy (non-hydrogen) atoms. The first-order valence-corrected chi connectivity index (χ1v) is 14.7. The third kappa shape index (κ3) is 17.0. The van der Waals surface area contributed by atoms with Crippen LogP contribution in [0.4, 0.5) is 13.2 Å². The third-order valence-electron chi connectivity index (χ3n) is 6.01. The standard InChI is InChI=1S/C34H44F3NO5/c1-4-5-6-7-8-9-10-11-12-13-14-15-16-17-18-19-20-21-31(39)38-29(24-26(2)3)33(42)43-30-25-27(34(35,36)37)22-23-28(30)32(40)41/h5-6,8-9,11-12,14-15,17-18,22-23,25-26,29H,4,7,10,13,16,19-21,24H2,1-3H3,(H,38,39)(H,40,41)/b6-5-,9-8-,12-11-,15-14-,18-17-. The summed E-state index contributed by atoms with van der Waals surface area (Å²) in [6, 6.07) is 0.669. The van der Waals surface area contributed by atoms with Crippen molar-refractivity contribution in [3.05, 3.63) is 90.1 Å². The maximum Gasteiger partial charge on any atom is 0.416 e. The van der Waals surface area contributed by atoms with E-state index in [1.54, 1.807) is 13.8 Å². The number of alkyl halides is 3. The lowest BCUT2D eigenvalue weighted by molar-refractivity contribution is -0.141. The quantitative estimate of drug-likeness (QED) is 0.0714. The van der Waals surface area contributed by atoms with Crippen LogP contribution in [0, 0.1) is 5.92 Å². The number of benzene rings is 1. The number of allylic oxidation sites excluding steroid dienone is 10. The molecule has 0 radical (unpaired) electrons. The first kappa shape index (κ1) is 37.1. The number of carboxylic acids is 1. The number of ether oxygens (including phenoxy) is 1. The Morgan fingerprint density at radius 2 is 1.42 bits per heavy atom. The average molecular weight is 604 g/mol. The minimum atomic E-state index is -4.76. The molecule has 0 aliphatic rings. The second kappa shape index (κ2) is 20.9. The predicted octanol–water partition coefficient (Wildman–Crippen LogP) is 8.76. The number of unbranched alkanes of at least 4 members (excludes halogenated alkanes) is 1. The summed E-state index contributed by atoms with van der Waals surface area (Å²) < 4.78 is 44.5. The van der Waals surface area contributed by atoms with Gasteiger partial charge in [-0.1, -0.05) is 81.5 Å². The van der Waals surface area contributed by atoms with Gasteiger partial charge in [-0.3, -0.25) is 4.79 Å². The molecule has 0 aliphatic carbocycles. The Morgan fingerprint density at radius 3 is 1.91 bits per heavy atom. The van der Waals surface area contributed by atoms with E-state index in [1.165, 1.54) is 0 Å². The van der Waals surface area contributed by atoms with Crippen LogP contribution in [0.3, 0.4) is 0 Å². The summed E-state index contributed by atoms with van der Waals surface area (Å²) in [4.78, 5) is 36.8. The summed E-state index contributed by atoms with van der Waals surface area (Å²) in [6.07, 6.45) is 22.4. The predicted molar refractivity (Wildman–Crippen MR) is 164 cm³/mol. The van der Waals surface area contributed by atoms with Crippen LogP contribution in [-0.2, 0) is 15.8 Å². The van der Waals surface area contributed by atoms with Gasteiger partial charge in [-0.05, 0) is 75.5 Å². The molecule has 0 saturated carbocycles. The molecule has 236 valence electrons. The zero-order valence-electron chi connectivity index (χ0n) is 25.2. The zero-order valence-corrected chi connectivity index (χ0v) is 25.2. The Labute approximate surface area is 253 Å². The van der Waals surface area contributed by atoms with Crippen molar-refractivity contribution in [2.75, 3.05) is 0 Å². The summed E-state index contributed by atoms with van der Waals surface area (Å²) in [5, 5.41) is 11.9. The number of carbonyl (C=O) groups excluding carboxylic acids is 2. The van der Waals surface area contributed by atoms with Crippen molar-refractivity contribution in [1.29, 1.82) is 0 Å². The summed E-state index contributed by atoms with van der Waals surface area (Å²) in [6.45, 7) is 5.73. The highest BCUT2D eigenvalue weighted by Crippen LogP contribution is 2.33. The van der Waals surface area contributed by atoms with Crippen molar-refractivity contribution in [2.24, 2.45) is 5.92 Å². The van der Waals surface area contributed by atoms with Crippen molar-refractivity contribution in [2.45, 2.75) is 90.8 Å². The van der Waals surface area contributed by atoms with E-state index in [0.29, 0.717) is 25.0 Å². The molecule has 1 aromatic carbocycles. The molecule has 0 heterocycles. The topological polar surface area (TPSA) is 92.7 Å². The lowest BCUT2D eigenvalue weighted by Gasteiger charge is -2.20. The van der Waals surface area contributed by atoms with Gasteiger partial charge in [-0.15, -0.1) is 0 Å². The van der Waals surface area contributed by atoms with Crippen LogP contribution in [-0.4, -0.2) is 29.0 Å². The highest BCUT2D eigenvalue weighted by molar-refractivity contribution is 5.93. The van der Waals surface area contributed by atoms with Gasteiger partial charge in [-0.2, -0.15) is 13.2 Å². The number of hydrogen-bond acceptors (Lipinski definition) is 4. The van der Waals surface area contributed by atoms with E-state index in [-0.39, 0.29) is 18.8 Å². The highest BCUT2D eigenvalue weighted by Gasteiger charge is 2.33. The summed E-state index contributed by atoms with van der Waals surface area (Å²) in [7, 11) is 0. The van der Waals surface area contributed by atoms with E-state index in [4.69, 9.17) is 4.74 Å². The van der Waals surface area contributed by atoms with Gasteiger partial charge < -0.3 is 15.2 Å². The van der Waals surface area contributed by atoms with Gasteiger partial charge in [-0.25, -0.2) is 9.59 Å². The molecule has 0 spiro atoms. The minimum absolute atomic E-state index is 0.0559. The maximum absolute atomic E-state index is 13.1. The summed E-state index contributed by atoms with van der Waals surface area (Å²) in [5.41, 5.74) is -1.74. The molecule has 1 atom stereocenters. The summed E-state index contributed by atoms with van der Waals surface area (Å²) in [5.74, 6) is -3.76. The number of halogens is 3. The SMILES string of the molecule is CC/C=C\C/C=C\C/C=C\C/C=C\C/C=C\CCCC(=O)NC(CC(C)C)C(=O)Oc1cc(C(F)(F)F)ccc1C(=O)O. The first-order valence-electron chi connectivity index (χ1n) is 14.7. The van der Waals surface area contributed by atoms with Gasteiger partial charge in [0, 0.05) is 6.42 Å². The van der Waals surface area contributed by atoms with Crippen LogP contribution in [0.5, 0.6) is 5.75 Å². The molecule has 0 bridgehead atoms. The Balaban J connectivity index is 2.50. The Morgan fingerprint density at radius 1 is 0.884 bits per heavy atom. The molecule has 6 nitrogen and oxygen atoms in total. The van der Waals surface area contributed by atoms with Gasteiger partial charge in [0.1, 0.15) is 17.4 Å². The number of hydrogen-bond donors (Lipinski definition) is 2. The molecule has 2 N–H and O–H groups in total. The molecular formula is C34H44F3NO5. The van der Waals surface area contributed by atoms with Gasteiger partial charge in [0.25, 0.3) is 0 Å². The van der Waals surface area contributed by atoms with E-state index in [1.807, 2.05) is 12.2 Å². The molecule has 0 aromatic heterocycles. The molecule has 9 heteroatoms. The summed E-state index contributed by atoms with van der Waals surface area (Å²) >= 11 is 0. The molecule has 1 aromatic rings. The molecule has 1 amide bonds. The Kier molecular flexibility index (Phi) is 18.1. The van der Waals surface area contributed by atoms with Crippen LogP contribution >= 0.6 is 0 Å². The van der Waals surface area contributed by atoms with Crippen molar-refractivity contribution in [3.63, 3.8) is 0 Å². The number of esters is 1. The average Bonchev–Trinajstić information content (AvgIpc) is 2.93. The normalized spacial score (nSPS) is 13.3. The Hall–Kier alpha value is -3.88. The molecule has 0 fully saturated rings. The van der Waals surface area contributed by atoms with Crippen LogP contribution < -0.4 is 10.1 Å². The number of carbonyl (C=O) groups is 3. The van der Waals surface area contributed by atoms with E-state index in [9.17, 15) is 32.7 Å². The second-order valence-corrected chi connectivity index (χ2v) is 10.3. The monoisotopic (exact) mass is 603 g/mol. The van der Waals surface area contributed by atoms with Crippen LogP contribution in [0.2, 0.25) is 0 Å². The lowest BCUT2D eigenvalue weighted by atomic mass is 10.0. The largest absolute Gasteiger partial charge is 0.478 e.